The first-order valence-electron chi connectivity index (χ1n) is 10.0. The topological polar surface area (TPSA) is 105 Å². The molecule has 32 heavy (non-hydrogen) atoms. The molecule has 0 radical (unpaired) electrons. The monoisotopic (exact) mass is 491 g/mol. The molecule has 1 aliphatic carbocycles. The van der Waals surface area contributed by atoms with Crippen LogP contribution in [0.3, 0.4) is 0 Å². The molecule has 1 saturated heterocycles. The highest BCUT2D eigenvalue weighted by Crippen LogP contribution is 2.39. The maximum absolute atomic E-state index is 13.0. The van der Waals surface area contributed by atoms with Crippen molar-refractivity contribution >= 4 is 56.1 Å². The van der Waals surface area contributed by atoms with Crippen LogP contribution in [0.1, 0.15) is 31.4 Å². The first-order valence-corrected chi connectivity index (χ1v) is 13.2. The molecule has 2 unspecified atom stereocenters. The van der Waals surface area contributed by atoms with E-state index in [-0.39, 0.29) is 16.8 Å². The Morgan fingerprint density at radius 2 is 1.94 bits per heavy atom. The molecule has 0 spiro atoms. The Morgan fingerprint density at radius 1 is 1.22 bits per heavy atom. The summed E-state index contributed by atoms with van der Waals surface area (Å²) in [6, 6.07) is 9.65. The lowest BCUT2D eigenvalue weighted by Crippen LogP contribution is -2.42. The van der Waals surface area contributed by atoms with E-state index >= 15 is 0 Å². The van der Waals surface area contributed by atoms with Crippen LogP contribution in [0.15, 0.2) is 50.6 Å². The summed E-state index contributed by atoms with van der Waals surface area (Å²) in [5.74, 6) is -0.498. The van der Waals surface area contributed by atoms with Gasteiger partial charge in [0.2, 0.25) is 0 Å². The van der Waals surface area contributed by atoms with Crippen molar-refractivity contribution in [2.75, 3.05) is 6.26 Å². The number of carbonyl (C=O) groups is 2. The summed E-state index contributed by atoms with van der Waals surface area (Å²) in [5.41, 5.74) is 0.714. The number of furan rings is 1. The van der Waals surface area contributed by atoms with Gasteiger partial charge in [-0.3, -0.25) is 14.5 Å². The number of amides is 1. The number of hydrogen-bond acceptors (Lipinski definition) is 7. The van der Waals surface area contributed by atoms with Crippen LogP contribution >= 0.6 is 24.0 Å². The zero-order valence-electron chi connectivity index (χ0n) is 17.2. The van der Waals surface area contributed by atoms with Crippen LogP contribution in [0.25, 0.3) is 17.4 Å². The molecule has 1 aromatic heterocycles. The Bertz CT molecular complexity index is 1210. The molecular weight excluding hydrogens is 470 g/mol. The SMILES string of the molecule is CS(=O)(=O)c1ccc(-c2ccc(C=C3SC(=S)N(C4CCCC(C(=O)O)C4)C3=O)o2)cc1. The minimum Gasteiger partial charge on any atom is -0.481 e. The minimum absolute atomic E-state index is 0.205. The van der Waals surface area contributed by atoms with Crippen LogP contribution in [0.5, 0.6) is 0 Å². The lowest BCUT2D eigenvalue weighted by molar-refractivity contribution is -0.144. The van der Waals surface area contributed by atoms with E-state index in [2.05, 4.69) is 0 Å². The van der Waals surface area contributed by atoms with E-state index in [4.69, 9.17) is 16.6 Å². The number of carboxylic acid groups (broad SMARTS) is 1. The number of hydrogen-bond donors (Lipinski definition) is 1. The zero-order valence-corrected chi connectivity index (χ0v) is 19.6. The molecule has 2 aliphatic rings. The molecule has 7 nitrogen and oxygen atoms in total. The second kappa shape index (κ2) is 8.84. The average Bonchev–Trinajstić information content (AvgIpc) is 3.32. The second-order valence-electron chi connectivity index (χ2n) is 7.91. The van der Waals surface area contributed by atoms with Crippen LogP contribution in [0, 0.1) is 5.92 Å². The fourth-order valence-corrected chi connectivity index (χ4v) is 6.01. The molecular formula is C22H21NO6S3. The molecule has 2 aromatic rings. The fraction of sp³-hybridized carbons (Fsp3) is 0.318. The summed E-state index contributed by atoms with van der Waals surface area (Å²) in [6.45, 7) is 0. The van der Waals surface area contributed by atoms with Gasteiger partial charge in [-0.2, -0.15) is 0 Å². The van der Waals surface area contributed by atoms with Gasteiger partial charge in [0, 0.05) is 23.9 Å². The third-order valence-electron chi connectivity index (χ3n) is 5.65. The van der Waals surface area contributed by atoms with Gasteiger partial charge < -0.3 is 9.52 Å². The van der Waals surface area contributed by atoms with Gasteiger partial charge in [-0.05, 0) is 55.7 Å². The fourth-order valence-electron chi connectivity index (χ4n) is 4.00. The molecule has 2 heterocycles. The molecule has 1 saturated carbocycles. The number of thiocarbonyl (C=S) groups is 1. The van der Waals surface area contributed by atoms with Crippen molar-refractivity contribution in [3.8, 4) is 11.3 Å². The van der Waals surface area contributed by atoms with Crippen LogP contribution in [0.4, 0.5) is 0 Å². The summed E-state index contributed by atoms with van der Waals surface area (Å²) in [4.78, 5) is 26.6. The molecule has 0 bridgehead atoms. The van der Waals surface area contributed by atoms with Crippen LogP contribution in [0.2, 0.25) is 0 Å². The van der Waals surface area contributed by atoms with E-state index < -0.39 is 21.7 Å². The largest absolute Gasteiger partial charge is 0.481 e. The van der Waals surface area contributed by atoms with Crippen LogP contribution < -0.4 is 0 Å². The first-order chi connectivity index (χ1) is 15.1. The highest BCUT2D eigenvalue weighted by Gasteiger charge is 2.40. The number of thioether (sulfide) groups is 1. The van der Waals surface area contributed by atoms with Gasteiger partial charge in [-0.1, -0.05) is 30.4 Å². The van der Waals surface area contributed by atoms with Gasteiger partial charge in [0.05, 0.1) is 15.7 Å². The van der Waals surface area contributed by atoms with E-state index in [9.17, 15) is 23.1 Å². The van der Waals surface area contributed by atoms with Crippen molar-refractivity contribution in [2.24, 2.45) is 5.92 Å². The van der Waals surface area contributed by atoms with E-state index in [0.717, 1.165) is 19.1 Å². The Hall–Kier alpha value is -2.43. The number of nitrogens with zero attached hydrogens (tertiary/aromatic N) is 1. The van der Waals surface area contributed by atoms with Gasteiger partial charge in [0.25, 0.3) is 5.91 Å². The summed E-state index contributed by atoms with van der Waals surface area (Å²) >= 11 is 6.60. The predicted octanol–water partition coefficient (Wildman–Crippen LogP) is 4.19. The second-order valence-corrected chi connectivity index (χ2v) is 11.6. The number of carbonyl (C=O) groups excluding carboxylic acids is 1. The van der Waals surface area contributed by atoms with Crippen molar-refractivity contribution in [1.82, 2.24) is 4.90 Å². The van der Waals surface area contributed by atoms with Crippen LogP contribution in [-0.4, -0.2) is 46.9 Å². The van der Waals surface area contributed by atoms with Crippen molar-refractivity contribution in [1.29, 1.82) is 0 Å². The maximum Gasteiger partial charge on any atom is 0.306 e. The summed E-state index contributed by atoms with van der Waals surface area (Å²) < 4.78 is 29.5. The predicted molar refractivity (Wildman–Crippen MR) is 126 cm³/mol. The Balaban J connectivity index is 1.51. The summed E-state index contributed by atoms with van der Waals surface area (Å²) in [5, 5.41) is 9.33. The van der Waals surface area contributed by atoms with E-state index in [1.54, 1.807) is 35.2 Å². The molecule has 2 atom stereocenters. The Morgan fingerprint density at radius 3 is 2.59 bits per heavy atom. The highest BCUT2D eigenvalue weighted by molar-refractivity contribution is 8.26. The number of sulfone groups is 1. The number of benzene rings is 1. The van der Waals surface area contributed by atoms with Gasteiger partial charge >= 0.3 is 5.97 Å². The van der Waals surface area contributed by atoms with E-state index in [0.29, 0.717) is 39.2 Å². The van der Waals surface area contributed by atoms with Gasteiger partial charge in [-0.25, -0.2) is 8.42 Å². The lowest BCUT2D eigenvalue weighted by atomic mass is 9.85. The standard InChI is InChI=1S/C22H21NO6S3/c1-32(27,28)17-8-5-13(6-9-17)18-10-7-16(29-18)12-19-20(24)23(22(30)31-19)15-4-2-3-14(11-15)21(25)26/h5-10,12,14-15H,2-4,11H2,1H3,(H,25,26). The van der Waals surface area contributed by atoms with Crippen molar-refractivity contribution in [3.63, 3.8) is 0 Å². The van der Waals surface area contributed by atoms with E-state index in [1.807, 2.05) is 0 Å². The zero-order chi connectivity index (χ0) is 23.0. The summed E-state index contributed by atoms with van der Waals surface area (Å²) in [6.07, 6.45) is 5.29. The number of rotatable bonds is 5. The minimum atomic E-state index is -3.28. The van der Waals surface area contributed by atoms with Crippen molar-refractivity contribution in [3.05, 3.63) is 47.1 Å². The molecule has 4 rings (SSSR count). The third kappa shape index (κ3) is 4.67. The highest BCUT2D eigenvalue weighted by atomic mass is 32.2. The normalized spacial score (nSPS) is 23.2. The third-order valence-corrected chi connectivity index (χ3v) is 8.11. The molecule has 2 fully saturated rings. The average molecular weight is 492 g/mol. The van der Waals surface area contributed by atoms with Gasteiger partial charge in [-0.15, -0.1) is 0 Å². The molecule has 168 valence electrons. The van der Waals surface area contributed by atoms with Crippen molar-refractivity contribution < 1.29 is 27.5 Å². The molecule has 1 N–H and O–H groups in total. The molecule has 1 amide bonds. The quantitative estimate of drug-likeness (QED) is 0.490. The van der Waals surface area contributed by atoms with Gasteiger partial charge in [0.15, 0.2) is 9.84 Å². The van der Waals surface area contributed by atoms with Gasteiger partial charge in [0.1, 0.15) is 15.8 Å². The van der Waals surface area contributed by atoms with E-state index in [1.165, 1.54) is 23.9 Å². The number of aliphatic carboxylic acids is 1. The molecule has 1 aliphatic heterocycles. The molecule has 10 heteroatoms. The number of carboxylic acids is 1. The Kier molecular flexibility index (Phi) is 6.28. The Labute approximate surface area is 195 Å². The lowest BCUT2D eigenvalue weighted by Gasteiger charge is -2.32. The van der Waals surface area contributed by atoms with Crippen LogP contribution in [-0.2, 0) is 19.4 Å². The summed E-state index contributed by atoms with van der Waals surface area (Å²) in [7, 11) is -3.28. The molecule has 1 aromatic carbocycles. The maximum atomic E-state index is 13.0. The van der Waals surface area contributed by atoms with Crippen molar-refractivity contribution in [2.45, 2.75) is 36.6 Å². The smallest absolute Gasteiger partial charge is 0.306 e. The first kappa shape index (κ1) is 22.8.